The first-order chi connectivity index (χ1) is 6.66. The molecule has 0 saturated carbocycles. The number of hydrogen-bond acceptors (Lipinski definition) is 3. The topological polar surface area (TPSA) is 75.6 Å². The second-order valence-electron chi connectivity index (χ2n) is 2.94. The van der Waals surface area contributed by atoms with Gasteiger partial charge in [-0.05, 0) is 12.8 Å². The zero-order valence-corrected chi connectivity index (χ0v) is 8.41. The van der Waals surface area contributed by atoms with E-state index in [0.717, 1.165) is 6.42 Å². The van der Waals surface area contributed by atoms with E-state index in [0.29, 0.717) is 19.6 Å². The van der Waals surface area contributed by atoms with Gasteiger partial charge in [-0.1, -0.05) is 0 Å². The van der Waals surface area contributed by atoms with Crippen LogP contribution in [-0.4, -0.2) is 37.2 Å². The van der Waals surface area contributed by atoms with Crippen LogP contribution >= 0.6 is 0 Å². The zero-order valence-electron chi connectivity index (χ0n) is 8.41. The second kappa shape index (κ2) is 8.50. The number of carboxylic acid groups (broad SMARTS) is 1. The van der Waals surface area contributed by atoms with Gasteiger partial charge < -0.3 is 15.2 Å². The number of hydrogen-bond donors (Lipinski definition) is 2. The minimum atomic E-state index is -0.864. The fraction of sp³-hybridized carbons (Fsp3) is 0.778. The first-order valence-electron chi connectivity index (χ1n) is 4.64. The van der Waals surface area contributed by atoms with Gasteiger partial charge in [-0.15, -0.1) is 0 Å². The SMILES string of the molecule is COCCCNC(=O)CCCC(=O)O. The van der Waals surface area contributed by atoms with E-state index < -0.39 is 5.97 Å². The summed E-state index contributed by atoms with van der Waals surface area (Å²) in [6.07, 6.45) is 1.50. The van der Waals surface area contributed by atoms with Crippen molar-refractivity contribution in [2.75, 3.05) is 20.3 Å². The standard InChI is InChI=1S/C9H17NO4/c1-14-7-3-6-10-8(11)4-2-5-9(12)13/h2-7H2,1H3,(H,10,11)(H,12,13). The van der Waals surface area contributed by atoms with E-state index in [1.54, 1.807) is 7.11 Å². The van der Waals surface area contributed by atoms with E-state index >= 15 is 0 Å². The third kappa shape index (κ3) is 8.99. The van der Waals surface area contributed by atoms with Crippen molar-refractivity contribution in [3.8, 4) is 0 Å². The summed E-state index contributed by atoms with van der Waals surface area (Å²) in [5.74, 6) is -0.959. The summed E-state index contributed by atoms with van der Waals surface area (Å²) < 4.78 is 4.81. The highest BCUT2D eigenvalue weighted by Gasteiger charge is 2.02. The van der Waals surface area contributed by atoms with Crippen molar-refractivity contribution in [2.24, 2.45) is 0 Å². The van der Waals surface area contributed by atoms with Crippen molar-refractivity contribution in [1.82, 2.24) is 5.32 Å². The predicted molar refractivity (Wildman–Crippen MR) is 51.0 cm³/mol. The van der Waals surface area contributed by atoms with Crippen molar-refractivity contribution in [3.63, 3.8) is 0 Å². The molecule has 0 unspecified atom stereocenters. The lowest BCUT2D eigenvalue weighted by Crippen LogP contribution is -2.24. The van der Waals surface area contributed by atoms with Gasteiger partial charge in [-0.25, -0.2) is 0 Å². The van der Waals surface area contributed by atoms with Gasteiger partial charge in [0, 0.05) is 33.1 Å². The molecular weight excluding hydrogens is 186 g/mol. The number of carbonyl (C=O) groups excluding carboxylic acids is 1. The molecule has 0 aliphatic carbocycles. The van der Waals surface area contributed by atoms with Crippen LogP contribution in [0, 0.1) is 0 Å². The predicted octanol–water partition coefficient (Wildman–Crippen LogP) is 0.394. The van der Waals surface area contributed by atoms with E-state index in [4.69, 9.17) is 9.84 Å². The van der Waals surface area contributed by atoms with Crippen molar-refractivity contribution in [1.29, 1.82) is 0 Å². The lowest BCUT2D eigenvalue weighted by molar-refractivity contribution is -0.137. The van der Waals surface area contributed by atoms with Crippen molar-refractivity contribution < 1.29 is 19.4 Å². The Morgan fingerprint density at radius 2 is 2.00 bits per heavy atom. The molecule has 0 aliphatic heterocycles. The van der Waals surface area contributed by atoms with Gasteiger partial charge in [0.25, 0.3) is 0 Å². The third-order valence-electron chi connectivity index (χ3n) is 1.64. The molecule has 2 N–H and O–H groups in total. The maximum atomic E-state index is 11.0. The minimum Gasteiger partial charge on any atom is -0.481 e. The molecule has 0 aliphatic rings. The van der Waals surface area contributed by atoms with Crippen molar-refractivity contribution in [3.05, 3.63) is 0 Å². The number of amides is 1. The van der Waals surface area contributed by atoms with E-state index in [2.05, 4.69) is 5.32 Å². The van der Waals surface area contributed by atoms with E-state index in [1.165, 1.54) is 0 Å². The summed E-state index contributed by atoms with van der Waals surface area (Å²) in [6.45, 7) is 1.20. The number of methoxy groups -OCH3 is 1. The zero-order chi connectivity index (χ0) is 10.8. The average molecular weight is 203 g/mol. The Morgan fingerprint density at radius 1 is 1.29 bits per heavy atom. The van der Waals surface area contributed by atoms with Crippen molar-refractivity contribution in [2.45, 2.75) is 25.7 Å². The molecule has 0 aromatic heterocycles. The van der Waals surface area contributed by atoms with Gasteiger partial charge in [-0.3, -0.25) is 9.59 Å². The smallest absolute Gasteiger partial charge is 0.303 e. The van der Waals surface area contributed by atoms with E-state index in [9.17, 15) is 9.59 Å². The lowest BCUT2D eigenvalue weighted by Gasteiger charge is -2.03. The highest BCUT2D eigenvalue weighted by atomic mass is 16.5. The van der Waals surface area contributed by atoms with Crippen LogP contribution in [0.15, 0.2) is 0 Å². The third-order valence-corrected chi connectivity index (χ3v) is 1.64. The molecule has 82 valence electrons. The van der Waals surface area contributed by atoms with Crippen LogP contribution in [0.1, 0.15) is 25.7 Å². The molecule has 0 aromatic carbocycles. The summed E-state index contributed by atoms with van der Waals surface area (Å²) in [5.41, 5.74) is 0. The molecule has 0 bridgehead atoms. The number of carboxylic acids is 1. The monoisotopic (exact) mass is 203 g/mol. The van der Waals surface area contributed by atoms with Gasteiger partial charge in [0.05, 0.1) is 0 Å². The minimum absolute atomic E-state index is 0.0471. The van der Waals surface area contributed by atoms with Gasteiger partial charge in [0.15, 0.2) is 0 Å². The quantitative estimate of drug-likeness (QED) is 0.560. The number of ether oxygens (including phenoxy) is 1. The summed E-state index contributed by atoms with van der Waals surface area (Å²) in [4.78, 5) is 21.2. The first-order valence-corrected chi connectivity index (χ1v) is 4.64. The van der Waals surface area contributed by atoms with Gasteiger partial charge >= 0.3 is 5.97 Å². The van der Waals surface area contributed by atoms with Crippen LogP contribution < -0.4 is 5.32 Å². The van der Waals surface area contributed by atoms with Crippen LogP contribution in [0.25, 0.3) is 0 Å². The molecule has 5 heteroatoms. The summed E-state index contributed by atoms with van der Waals surface area (Å²) in [5, 5.41) is 11.0. The molecule has 5 nitrogen and oxygen atoms in total. The van der Waals surface area contributed by atoms with E-state index in [-0.39, 0.29) is 18.7 Å². The molecule has 0 saturated heterocycles. The number of rotatable bonds is 8. The Hall–Kier alpha value is -1.10. The van der Waals surface area contributed by atoms with Crippen LogP contribution in [0.5, 0.6) is 0 Å². The number of carbonyl (C=O) groups is 2. The normalized spacial score (nSPS) is 9.79. The Bertz CT molecular complexity index is 182. The Labute approximate surface area is 83.4 Å². The Morgan fingerprint density at radius 3 is 2.57 bits per heavy atom. The fourth-order valence-electron chi connectivity index (χ4n) is 0.933. The van der Waals surface area contributed by atoms with Gasteiger partial charge in [-0.2, -0.15) is 0 Å². The molecule has 14 heavy (non-hydrogen) atoms. The fourth-order valence-corrected chi connectivity index (χ4v) is 0.933. The van der Waals surface area contributed by atoms with Crippen molar-refractivity contribution >= 4 is 11.9 Å². The van der Waals surface area contributed by atoms with E-state index in [1.807, 2.05) is 0 Å². The van der Waals surface area contributed by atoms with Crippen LogP contribution in [0.2, 0.25) is 0 Å². The molecule has 0 spiro atoms. The number of nitrogens with one attached hydrogen (secondary N) is 1. The largest absolute Gasteiger partial charge is 0.481 e. The Kier molecular flexibility index (Phi) is 7.83. The van der Waals surface area contributed by atoms with Crippen LogP contribution in [0.4, 0.5) is 0 Å². The van der Waals surface area contributed by atoms with Gasteiger partial charge in [0.2, 0.25) is 5.91 Å². The highest BCUT2D eigenvalue weighted by molar-refractivity contribution is 5.76. The molecule has 0 heterocycles. The molecule has 0 fully saturated rings. The first kappa shape index (κ1) is 12.9. The van der Waals surface area contributed by atoms with Crippen LogP contribution in [0.3, 0.4) is 0 Å². The average Bonchev–Trinajstić information content (AvgIpc) is 2.12. The lowest BCUT2D eigenvalue weighted by atomic mass is 10.2. The molecule has 0 aromatic rings. The molecular formula is C9H17NO4. The molecule has 0 atom stereocenters. The second-order valence-corrected chi connectivity index (χ2v) is 2.94. The molecule has 0 radical (unpaired) electrons. The molecule has 0 rings (SSSR count). The maximum absolute atomic E-state index is 11.0. The van der Waals surface area contributed by atoms with Gasteiger partial charge in [0.1, 0.15) is 0 Å². The molecule has 1 amide bonds. The summed E-state index contributed by atoms with van der Waals surface area (Å²) in [7, 11) is 1.61. The summed E-state index contributed by atoms with van der Waals surface area (Å²) in [6, 6.07) is 0. The Balaban J connectivity index is 3.24. The number of aliphatic carboxylic acids is 1. The highest BCUT2D eigenvalue weighted by Crippen LogP contribution is 1.94. The maximum Gasteiger partial charge on any atom is 0.303 e. The van der Waals surface area contributed by atoms with Crippen LogP contribution in [-0.2, 0) is 14.3 Å². The summed E-state index contributed by atoms with van der Waals surface area (Å²) >= 11 is 0.